The van der Waals surface area contributed by atoms with Crippen LogP contribution in [0.4, 0.5) is 0 Å². The molecular formula is C9H11BrN2O2. The average molecular weight is 259 g/mol. The van der Waals surface area contributed by atoms with E-state index in [1.165, 1.54) is 6.08 Å². The SMILES string of the molecule is CCOC(=O)/C=C/c1nc(Br)cn1C. The minimum absolute atomic E-state index is 0.355. The van der Waals surface area contributed by atoms with Gasteiger partial charge in [0, 0.05) is 19.3 Å². The Morgan fingerprint density at radius 1 is 1.79 bits per heavy atom. The summed E-state index contributed by atoms with van der Waals surface area (Å²) in [6.45, 7) is 2.15. The van der Waals surface area contributed by atoms with E-state index in [1.54, 1.807) is 17.6 Å². The van der Waals surface area contributed by atoms with Gasteiger partial charge >= 0.3 is 5.97 Å². The molecule has 14 heavy (non-hydrogen) atoms. The van der Waals surface area contributed by atoms with Gasteiger partial charge in [0.2, 0.25) is 0 Å². The number of carbonyl (C=O) groups excluding carboxylic acids is 1. The fraction of sp³-hybridized carbons (Fsp3) is 0.333. The van der Waals surface area contributed by atoms with Gasteiger partial charge in [-0.25, -0.2) is 9.78 Å². The summed E-state index contributed by atoms with van der Waals surface area (Å²) in [7, 11) is 1.85. The summed E-state index contributed by atoms with van der Waals surface area (Å²) in [5.41, 5.74) is 0. The van der Waals surface area contributed by atoms with Crippen LogP contribution in [0.15, 0.2) is 16.9 Å². The third kappa shape index (κ3) is 2.99. The van der Waals surface area contributed by atoms with Gasteiger partial charge in [0.05, 0.1) is 6.61 Å². The van der Waals surface area contributed by atoms with Gasteiger partial charge in [0.1, 0.15) is 10.4 Å². The van der Waals surface area contributed by atoms with Gasteiger partial charge in [-0.3, -0.25) is 0 Å². The number of imidazole rings is 1. The Morgan fingerprint density at radius 3 is 3.00 bits per heavy atom. The maximum Gasteiger partial charge on any atom is 0.330 e. The van der Waals surface area contributed by atoms with E-state index in [1.807, 2.05) is 13.2 Å². The average Bonchev–Trinajstić information content (AvgIpc) is 2.42. The molecule has 0 saturated heterocycles. The van der Waals surface area contributed by atoms with Crippen LogP contribution in [-0.2, 0) is 16.6 Å². The standard InChI is InChI=1S/C9H11BrN2O2/c1-3-14-9(13)5-4-8-11-7(10)6-12(8)2/h4-6H,3H2,1-2H3/b5-4+. The van der Waals surface area contributed by atoms with E-state index in [2.05, 4.69) is 20.9 Å². The van der Waals surface area contributed by atoms with Crippen molar-refractivity contribution in [3.63, 3.8) is 0 Å². The molecule has 0 fully saturated rings. The molecule has 0 radical (unpaired) electrons. The van der Waals surface area contributed by atoms with Crippen LogP contribution in [0.25, 0.3) is 6.08 Å². The lowest BCUT2D eigenvalue weighted by atomic mass is 10.4. The topological polar surface area (TPSA) is 44.1 Å². The Labute approximate surface area is 90.7 Å². The summed E-state index contributed by atoms with van der Waals surface area (Å²) in [6, 6.07) is 0. The Bertz CT molecular complexity index is 358. The third-order valence-electron chi connectivity index (χ3n) is 1.54. The third-order valence-corrected chi connectivity index (χ3v) is 1.92. The molecule has 1 aromatic heterocycles. The zero-order chi connectivity index (χ0) is 10.6. The number of ether oxygens (including phenoxy) is 1. The molecule has 1 aromatic rings. The van der Waals surface area contributed by atoms with Crippen LogP contribution >= 0.6 is 15.9 Å². The van der Waals surface area contributed by atoms with Crippen molar-refractivity contribution in [1.29, 1.82) is 0 Å². The summed E-state index contributed by atoms with van der Waals surface area (Å²) in [4.78, 5) is 15.1. The molecule has 0 aliphatic carbocycles. The van der Waals surface area contributed by atoms with Crippen molar-refractivity contribution in [3.8, 4) is 0 Å². The van der Waals surface area contributed by atoms with Crippen LogP contribution in [0.2, 0.25) is 0 Å². The first-order valence-corrected chi connectivity index (χ1v) is 4.96. The molecule has 5 heteroatoms. The highest BCUT2D eigenvalue weighted by Crippen LogP contribution is 2.09. The van der Waals surface area contributed by atoms with Gasteiger partial charge in [-0.2, -0.15) is 0 Å². The van der Waals surface area contributed by atoms with Crippen molar-refractivity contribution in [1.82, 2.24) is 9.55 Å². The second-order valence-corrected chi connectivity index (χ2v) is 3.43. The fourth-order valence-corrected chi connectivity index (χ4v) is 1.42. The highest BCUT2D eigenvalue weighted by molar-refractivity contribution is 9.10. The number of rotatable bonds is 3. The second-order valence-electron chi connectivity index (χ2n) is 2.62. The zero-order valence-corrected chi connectivity index (χ0v) is 9.61. The fourth-order valence-electron chi connectivity index (χ4n) is 0.931. The Morgan fingerprint density at radius 2 is 2.50 bits per heavy atom. The maximum atomic E-state index is 11.0. The number of hydrogen-bond acceptors (Lipinski definition) is 3. The molecule has 4 nitrogen and oxygen atoms in total. The Kier molecular flexibility index (Phi) is 3.88. The van der Waals surface area contributed by atoms with Gasteiger partial charge in [-0.05, 0) is 28.9 Å². The zero-order valence-electron chi connectivity index (χ0n) is 8.03. The number of aromatic nitrogens is 2. The van der Waals surface area contributed by atoms with Crippen LogP contribution in [0.3, 0.4) is 0 Å². The Balaban J connectivity index is 2.68. The molecule has 1 rings (SSSR count). The number of hydrogen-bond donors (Lipinski definition) is 0. The molecule has 0 bridgehead atoms. The number of nitrogens with zero attached hydrogens (tertiary/aromatic N) is 2. The second kappa shape index (κ2) is 4.95. The molecule has 0 N–H and O–H groups in total. The van der Waals surface area contributed by atoms with E-state index >= 15 is 0 Å². The van der Waals surface area contributed by atoms with Gasteiger partial charge < -0.3 is 9.30 Å². The quantitative estimate of drug-likeness (QED) is 0.613. The molecule has 0 amide bonds. The predicted molar refractivity (Wildman–Crippen MR) is 56.6 cm³/mol. The lowest BCUT2D eigenvalue weighted by Gasteiger charge is -1.95. The van der Waals surface area contributed by atoms with Crippen molar-refractivity contribution in [3.05, 3.63) is 22.7 Å². The van der Waals surface area contributed by atoms with Crippen molar-refractivity contribution in [2.45, 2.75) is 6.92 Å². The number of esters is 1. The van der Waals surface area contributed by atoms with Crippen LogP contribution in [-0.4, -0.2) is 22.1 Å². The molecule has 0 unspecified atom stereocenters. The van der Waals surface area contributed by atoms with Crippen molar-refractivity contribution in [2.75, 3.05) is 6.61 Å². The largest absolute Gasteiger partial charge is 0.463 e. The monoisotopic (exact) mass is 258 g/mol. The van der Waals surface area contributed by atoms with Gasteiger partial charge in [0.25, 0.3) is 0 Å². The minimum Gasteiger partial charge on any atom is -0.463 e. The highest BCUT2D eigenvalue weighted by atomic mass is 79.9. The molecule has 0 aliphatic heterocycles. The first-order valence-electron chi connectivity index (χ1n) is 4.17. The summed E-state index contributed by atoms with van der Waals surface area (Å²) in [5.74, 6) is 0.344. The molecule has 0 atom stereocenters. The van der Waals surface area contributed by atoms with Crippen LogP contribution < -0.4 is 0 Å². The molecule has 0 saturated carbocycles. The van der Waals surface area contributed by atoms with Crippen LogP contribution in [0.5, 0.6) is 0 Å². The van der Waals surface area contributed by atoms with Crippen molar-refractivity contribution < 1.29 is 9.53 Å². The molecule has 0 aliphatic rings. The van der Waals surface area contributed by atoms with E-state index in [4.69, 9.17) is 4.74 Å². The normalized spacial score (nSPS) is 10.8. The summed E-state index contributed by atoms with van der Waals surface area (Å²) in [6.07, 6.45) is 4.78. The molecule has 0 aromatic carbocycles. The van der Waals surface area contributed by atoms with Crippen molar-refractivity contribution in [2.24, 2.45) is 7.05 Å². The summed E-state index contributed by atoms with van der Waals surface area (Å²) >= 11 is 3.24. The van der Waals surface area contributed by atoms with E-state index in [-0.39, 0.29) is 5.97 Å². The molecule has 1 heterocycles. The number of carbonyl (C=O) groups is 1. The van der Waals surface area contributed by atoms with Gasteiger partial charge in [-0.15, -0.1) is 0 Å². The summed E-state index contributed by atoms with van der Waals surface area (Å²) < 4.78 is 7.28. The first-order chi connectivity index (χ1) is 6.63. The smallest absolute Gasteiger partial charge is 0.330 e. The van der Waals surface area contributed by atoms with E-state index < -0.39 is 0 Å². The highest BCUT2D eigenvalue weighted by Gasteiger charge is 2.00. The number of aryl methyl sites for hydroxylation is 1. The predicted octanol–water partition coefficient (Wildman–Crippen LogP) is 1.76. The van der Waals surface area contributed by atoms with Gasteiger partial charge in [-0.1, -0.05) is 0 Å². The molecule has 0 spiro atoms. The maximum absolute atomic E-state index is 11.0. The number of halogens is 1. The van der Waals surface area contributed by atoms with Crippen molar-refractivity contribution >= 4 is 28.0 Å². The van der Waals surface area contributed by atoms with E-state index in [0.717, 1.165) is 4.60 Å². The van der Waals surface area contributed by atoms with E-state index in [9.17, 15) is 4.79 Å². The lowest BCUT2D eigenvalue weighted by Crippen LogP contribution is -1.99. The van der Waals surface area contributed by atoms with Gasteiger partial charge in [0.15, 0.2) is 0 Å². The molecular weight excluding hydrogens is 248 g/mol. The van der Waals surface area contributed by atoms with E-state index in [0.29, 0.717) is 12.4 Å². The Hall–Kier alpha value is -1.10. The minimum atomic E-state index is -0.355. The van der Waals surface area contributed by atoms with Crippen LogP contribution in [0, 0.1) is 0 Å². The molecule has 76 valence electrons. The lowest BCUT2D eigenvalue weighted by molar-refractivity contribution is -0.137. The summed E-state index contributed by atoms with van der Waals surface area (Å²) in [5, 5.41) is 0. The first kappa shape index (κ1) is 11.0. The van der Waals surface area contributed by atoms with Crippen LogP contribution in [0.1, 0.15) is 12.7 Å².